The Kier molecular flexibility index (Phi) is 2.73. The van der Waals surface area contributed by atoms with Crippen LogP contribution in [-0.4, -0.2) is 11.6 Å². The Labute approximate surface area is 108 Å². The molecule has 0 amide bonds. The summed E-state index contributed by atoms with van der Waals surface area (Å²) in [6.07, 6.45) is 1.61. The summed E-state index contributed by atoms with van der Waals surface area (Å²) in [6.45, 7) is 0.514. The van der Waals surface area contributed by atoms with Gasteiger partial charge >= 0.3 is 0 Å². The van der Waals surface area contributed by atoms with Gasteiger partial charge in [0.2, 0.25) is 0 Å². The molecule has 1 aliphatic heterocycles. The Balaban J connectivity index is 1.86. The minimum absolute atomic E-state index is 0.0921. The number of hydrogen-bond donors (Lipinski definition) is 0. The Hall–Kier alpha value is -1.55. The average molecular weight is 292 g/mol. The molecule has 4 heteroatoms. The summed E-state index contributed by atoms with van der Waals surface area (Å²) in [4.78, 5) is 4.16. The van der Waals surface area contributed by atoms with E-state index in [1.165, 1.54) is 0 Å². The number of pyridine rings is 1. The lowest BCUT2D eigenvalue weighted by Crippen LogP contribution is -2.22. The van der Waals surface area contributed by atoms with Gasteiger partial charge in [-0.3, -0.25) is 0 Å². The van der Waals surface area contributed by atoms with Gasteiger partial charge in [-0.05, 0) is 29.8 Å². The van der Waals surface area contributed by atoms with Crippen molar-refractivity contribution in [3.8, 4) is 11.6 Å². The van der Waals surface area contributed by atoms with Crippen molar-refractivity contribution < 1.29 is 9.47 Å². The van der Waals surface area contributed by atoms with E-state index in [4.69, 9.17) is 9.47 Å². The summed E-state index contributed by atoms with van der Waals surface area (Å²) < 4.78 is 12.5. The zero-order chi connectivity index (χ0) is 11.7. The van der Waals surface area contributed by atoms with Crippen molar-refractivity contribution in [2.75, 3.05) is 6.61 Å². The molecule has 0 fully saturated rings. The predicted molar refractivity (Wildman–Crippen MR) is 67.2 cm³/mol. The van der Waals surface area contributed by atoms with E-state index in [0.29, 0.717) is 18.2 Å². The van der Waals surface area contributed by atoms with Gasteiger partial charge in [0.15, 0.2) is 11.9 Å². The molecule has 0 radical (unpaired) electrons. The molecule has 1 atom stereocenters. The van der Waals surface area contributed by atoms with Crippen LogP contribution in [0.2, 0.25) is 0 Å². The Bertz CT molecular complexity index is 527. The molecule has 2 heterocycles. The summed E-state index contributed by atoms with van der Waals surface area (Å²) >= 11 is 3.41. The van der Waals surface area contributed by atoms with E-state index in [0.717, 1.165) is 10.0 Å². The minimum atomic E-state index is -0.0921. The lowest BCUT2D eigenvalue weighted by Gasteiger charge is -2.25. The zero-order valence-electron chi connectivity index (χ0n) is 8.97. The maximum absolute atomic E-state index is 5.81. The van der Waals surface area contributed by atoms with Gasteiger partial charge < -0.3 is 9.47 Å². The molecule has 0 N–H and O–H groups in total. The average Bonchev–Trinajstić information content (AvgIpc) is 2.39. The largest absolute Gasteiger partial charge is 0.484 e. The fourth-order valence-corrected chi connectivity index (χ4v) is 2.01. The van der Waals surface area contributed by atoms with Gasteiger partial charge in [-0.15, -0.1) is 0 Å². The van der Waals surface area contributed by atoms with Crippen molar-refractivity contribution in [3.05, 3.63) is 52.6 Å². The lowest BCUT2D eigenvalue weighted by atomic mass is 10.1. The van der Waals surface area contributed by atoms with Gasteiger partial charge in [0.1, 0.15) is 6.61 Å². The highest BCUT2D eigenvalue weighted by atomic mass is 79.9. The van der Waals surface area contributed by atoms with E-state index >= 15 is 0 Å². The Morgan fingerprint density at radius 1 is 1.18 bits per heavy atom. The van der Waals surface area contributed by atoms with Crippen LogP contribution in [0, 0.1) is 0 Å². The normalized spacial score (nSPS) is 17.8. The SMILES string of the molecule is Brc1ccc([C@H]2COc3cccnc3O2)cc1. The maximum atomic E-state index is 5.81. The molecule has 3 rings (SSSR count). The topological polar surface area (TPSA) is 31.4 Å². The van der Waals surface area contributed by atoms with Crippen LogP contribution in [0.1, 0.15) is 11.7 Å². The number of aromatic nitrogens is 1. The van der Waals surface area contributed by atoms with E-state index < -0.39 is 0 Å². The maximum Gasteiger partial charge on any atom is 0.257 e. The monoisotopic (exact) mass is 291 g/mol. The third kappa shape index (κ3) is 2.13. The molecule has 0 unspecified atom stereocenters. The summed E-state index contributed by atoms with van der Waals surface area (Å²) in [7, 11) is 0. The molecule has 17 heavy (non-hydrogen) atoms. The Morgan fingerprint density at radius 2 is 2.00 bits per heavy atom. The van der Waals surface area contributed by atoms with Crippen molar-refractivity contribution in [3.63, 3.8) is 0 Å². The fourth-order valence-electron chi connectivity index (χ4n) is 1.75. The van der Waals surface area contributed by atoms with Gasteiger partial charge in [0.25, 0.3) is 5.88 Å². The van der Waals surface area contributed by atoms with E-state index in [-0.39, 0.29) is 6.10 Å². The van der Waals surface area contributed by atoms with Crippen LogP contribution in [0.5, 0.6) is 11.6 Å². The van der Waals surface area contributed by atoms with Crippen molar-refractivity contribution in [2.45, 2.75) is 6.10 Å². The molecule has 0 bridgehead atoms. The van der Waals surface area contributed by atoms with E-state index in [2.05, 4.69) is 20.9 Å². The van der Waals surface area contributed by atoms with Crippen LogP contribution >= 0.6 is 15.9 Å². The number of nitrogens with zero attached hydrogens (tertiary/aromatic N) is 1. The van der Waals surface area contributed by atoms with Gasteiger partial charge in [0, 0.05) is 10.7 Å². The first-order valence-electron chi connectivity index (χ1n) is 5.33. The molecule has 1 aromatic heterocycles. The number of fused-ring (bicyclic) bond motifs is 1. The van der Waals surface area contributed by atoms with Crippen LogP contribution in [0.25, 0.3) is 0 Å². The molecule has 0 spiro atoms. The fraction of sp³-hybridized carbons (Fsp3) is 0.154. The quantitative estimate of drug-likeness (QED) is 0.807. The highest BCUT2D eigenvalue weighted by Crippen LogP contribution is 2.34. The smallest absolute Gasteiger partial charge is 0.257 e. The molecule has 2 aromatic rings. The second-order valence-corrected chi connectivity index (χ2v) is 4.69. The van der Waals surface area contributed by atoms with Crippen LogP contribution in [0.3, 0.4) is 0 Å². The second-order valence-electron chi connectivity index (χ2n) is 3.78. The number of ether oxygens (including phenoxy) is 2. The number of rotatable bonds is 1. The summed E-state index contributed by atoms with van der Waals surface area (Å²) in [5.74, 6) is 1.27. The first-order valence-corrected chi connectivity index (χ1v) is 6.12. The van der Waals surface area contributed by atoms with Crippen LogP contribution in [0.4, 0.5) is 0 Å². The molecule has 0 aliphatic carbocycles. The predicted octanol–water partition coefficient (Wildman–Crippen LogP) is 3.36. The van der Waals surface area contributed by atoms with E-state index in [9.17, 15) is 0 Å². The molecule has 0 saturated heterocycles. The molecule has 1 aromatic carbocycles. The lowest BCUT2D eigenvalue weighted by molar-refractivity contribution is 0.0851. The van der Waals surface area contributed by atoms with Crippen molar-refractivity contribution in [1.82, 2.24) is 4.98 Å². The number of benzene rings is 1. The third-order valence-corrected chi connectivity index (χ3v) is 3.15. The van der Waals surface area contributed by atoms with Gasteiger partial charge in [-0.25, -0.2) is 4.98 Å². The minimum Gasteiger partial charge on any atom is -0.484 e. The number of hydrogen-bond acceptors (Lipinski definition) is 3. The van der Waals surface area contributed by atoms with E-state index in [1.54, 1.807) is 6.20 Å². The molecule has 1 aliphatic rings. The molecular weight excluding hydrogens is 282 g/mol. The summed E-state index contributed by atoms with van der Waals surface area (Å²) in [5.41, 5.74) is 1.09. The van der Waals surface area contributed by atoms with Gasteiger partial charge in [0.05, 0.1) is 0 Å². The number of halogens is 1. The van der Waals surface area contributed by atoms with Gasteiger partial charge in [-0.1, -0.05) is 28.1 Å². The van der Waals surface area contributed by atoms with Crippen LogP contribution in [0.15, 0.2) is 47.1 Å². The highest BCUT2D eigenvalue weighted by Gasteiger charge is 2.22. The van der Waals surface area contributed by atoms with Crippen LogP contribution in [-0.2, 0) is 0 Å². The van der Waals surface area contributed by atoms with Crippen molar-refractivity contribution in [1.29, 1.82) is 0 Å². The molecular formula is C13H10BrNO2. The van der Waals surface area contributed by atoms with Crippen molar-refractivity contribution >= 4 is 15.9 Å². The molecule has 86 valence electrons. The Morgan fingerprint density at radius 3 is 2.82 bits per heavy atom. The summed E-state index contributed by atoms with van der Waals surface area (Å²) in [6, 6.07) is 11.7. The highest BCUT2D eigenvalue weighted by molar-refractivity contribution is 9.10. The van der Waals surface area contributed by atoms with Crippen molar-refractivity contribution in [2.24, 2.45) is 0 Å². The van der Waals surface area contributed by atoms with E-state index in [1.807, 2.05) is 36.4 Å². The third-order valence-electron chi connectivity index (χ3n) is 2.62. The summed E-state index contributed by atoms with van der Waals surface area (Å²) in [5, 5.41) is 0. The standard InChI is InChI=1S/C13H10BrNO2/c14-10-5-3-9(4-6-10)12-8-16-11-2-1-7-15-13(11)17-12/h1-7,12H,8H2/t12-/m1/s1. The zero-order valence-corrected chi connectivity index (χ0v) is 10.6. The van der Waals surface area contributed by atoms with Gasteiger partial charge in [-0.2, -0.15) is 0 Å². The first-order chi connectivity index (χ1) is 8.33. The van der Waals surface area contributed by atoms with Crippen LogP contribution < -0.4 is 9.47 Å². The molecule has 3 nitrogen and oxygen atoms in total. The molecule has 0 saturated carbocycles. The second kappa shape index (κ2) is 4.37. The first kappa shape index (κ1) is 10.6.